The quantitative estimate of drug-likeness (QED) is 0.648. The molecule has 0 saturated heterocycles. The number of rotatable bonds is 2. The summed E-state index contributed by atoms with van der Waals surface area (Å²) < 4.78 is 0. The monoisotopic (exact) mass is 269 g/mol. The molecule has 0 aliphatic carbocycles. The molecule has 0 aliphatic heterocycles. The third-order valence-electron chi connectivity index (χ3n) is 2.86. The van der Waals surface area contributed by atoms with Crippen LogP contribution in [0.25, 0.3) is 22.6 Å². The number of aromatic hydroxyl groups is 1. The second-order valence-electron chi connectivity index (χ2n) is 4.34. The van der Waals surface area contributed by atoms with Gasteiger partial charge in [-0.05, 0) is 12.5 Å². The van der Waals surface area contributed by atoms with Gasteiger partial charge in [-0.15, -0.1) is 0 Å². The van der Waals surface area contributed by atoms with Gasteiger partial charge in [-0.2, -0.15) is 20.4 Å². The van der Waals surface area contributed by atoms with Crippen LogP contribution >= 0.6 is 0 Å². The molecule has 3 aromatic rings. The van der Waals surface area contributed by atoms with E-state index in [2.05, 4.69) is 25.4 Å². The maximum Gasteiger partial charge on any atom is 0.262 e. The van der Waals surface area contributed by atoms with Crippen LogP contribution < -0.4 is 5.56 Å². The molecule has 7 nitrogen and oxygen atoms in total. The van der Waals surface area contributed by atoms with Gasteiger partial charge >= 0.3 is 0 Å². The van der Waals surface area contributed by atoms with Gasteiger partial charge in [-0.3, -0.25) is 4.79 Å². The molecule has 1 aromatic carbocycles. The molecule has 2 heterocycles. The van der Waals surface area contributed by atoms with Crippen molar-refractivity contribution in [3.63, 3.8) is 0 Å². The number of H-pyrrole nitrogens is 2. The Kier molecular flexibility index (Phi) is 2.79. The van der Waals surface area contributed by atoms with Crippen LogP contribution in [0.2, 0.25) is 0 Å². The van der Waals surface area contributed by atoms with Crippen molar-refractivity contribution >= 4 is 0 Å². The molecular formula is C13H11N5O2. The predicted octanol–water partition coefficient (Wildman–Crippen LogP) is 1.24. The van der Waals surface area contributed by atoms with E-state index in [-0.39, 0.29) is 17.3 Å². The lowest BCUT2D eigenvalue weighted by molar-refractivity contribution is 0.454. The maximum absolute atomic E-state index is 12.2. The van der Waals surface area contributed by atoms with Crippen LogP contribution in [0.1, 0.15) is 5.56 Å². The van der Waals surface area contributed by atoms with Crippen LogP contribution in [0.15, 0.2) is 35.3 Å². The standard InChI is InChI=1S/C13H11N5O2/c1-7-3-2-4-8(5-7)10-12(19)15-11(16-13(10)20)9-6-14-18-17-9/h2-6H,1H3,(H,14,17,18)(H2,15,16,19,20). The van der Waals surface area contributed by atoms with Crippen molar-refractivity contribution in [2.45, 2.75) is 6.92 Å². The summed E-state index contributed by atoms with van der Waals surface area (Å²) >= 11 is 0. The van der Waals surface area contributed by atoms with Gasteiger partial charge in [-0.1, -0.05) is 29.8 Å². The molecule has 7 heteroatoms. The van der Waals surface area contributed by atoms with Gasteiger partial charge in [0.1, 0.15) is 11.3 Å². The smallest absolute Gasteiger partial charge is 0.262 e. The number of nitrogens with zero attached hydrogens (tertiary/aromatic N) is 3. The molecule has 0 aliphatic rings. The van der Waals surface area contributed by atoms with Crippen molar-refractivity contribution < 1.29 is 5.11 Å². The molecule has 3 N–H and O–H groups in total. The molecule has 0 fully saturated rings. The van der Waals surface area contributed by atoms with E-state index in [0.717, 1.165) is 5.56 Å². The van der Waals surface area contributed by atoms with Gasteiger partial charge < -0.3 is 10.1 Å². The molecular weight excluding hydrogens is 258 g/mol. The Balaban J connectivity index is 2.17. The summed E-state index contributed by atoms with van der Waals surface area (Å²) in [5.74, 6) is -0.171. The number of aryl methyl sites for hydroxylation is 1. The highest BCUT2D eigenvalue weighted by atomic mass is 16.3. The second kappa shape index (κ2) is 4.61. The minimum absolute atomic E-state index is 0.140. The highest BCUT2D eigenvalue weighted by Gasteiger charge is 2.14. The number of nitrogens with one attached hydrogen (secondary N) is 2. The molecule has 20 heavy (non-hydrogen) atoms. The Hall–Kier alpha value is -2.96. The summed E-state index contributed by atoms with van der Waals surface area (Å²) in [5, 5.41) is 19.9. The van der Waals surface area contributed by atoms with E-state index in [1.165, 1.54) is 6.20 Å². The zero-order valence-electron chi connectivity index (χ0n) is 10.6. The number of hydrogen-bond acceptors (Lipinski definition) is 5. The van der Waals surface area contributed by atoms with E-state index in [4.69, 9.17) is 0 Å². The molecule has 3 rings (SSSR count). The van der Waals surface area contributed by atoms with Crippen molar-refractivity contribution in [2.24, 2.45) is 0 Å². The molecule has 0 saturated carbocycles. The first-order chi connectivity index (χ1) is 9.65. The van der Waals surface area contributed by atoms with Gasteiger partial charge in [0.05, 0.1) is 6.20 Å². The van der Waals surface area contributed by atoms with Crippen molar-refractivity contribution in [3.05, 3.63) is 46.4 Å². The summed E-state index contributed by atoms with van der Waals surface area (Å²) in [7, 11) is 0. The Labute approximate surface area is 113 Å². The minimum atomic E-state index is -0.430. The van der Waals surface area contributed by atoms with E-state index >= 15 is 0 Å². The van der Waals surface area contributed by atoms with Crippen LogP contribution in [0, 0.1) is 6.92 Å². The molecule has 0 spiro atoms. The number of benzene rings is 1. The van der Waals surface area contributed by atoms with E-state index in [0.29, 0.717) is 11.3 Å². The largest absolute Gasteiger partial charge is 0.493 e. The fraction of sp³-hybridized carbons (Fsp3) is 0.0769. The lowest BCUT2D eigenvalue weighted by Crippen LogP contribution is -2.12. The van der Waals surface area contributed by atoms with Gasteiger partial charge in [0, 0.05) is 0 Å². The number of aromatic nitrogens is 5. The lowest BCUT2D eigenvalue weighted by atomic mass is 10.1. The van der Waals surface area contributed by atoms with Gasteiger partial charge in [0.25, 0.3) is 5.56 Å². The summed E-state index contributed by atoms with van der Waals surface area (Å²) in [6.45, 7) is 1.91. The summed E-state index contributed by atoms with van der Waals surface area (Å²) in [6, 6.07) is 7.28. The highest BCUT2D eigenvalue weighted by Crippen LogP contribution is 2.25. The molecule has 2 aromatic heterocycles. The van der Waals surface area contributed by atoms with Crippen LogP contribution in [-0.4, -0.2) is 30.5 Å². The fourth-order valence-corrected chi connectivity index (χ4v) is 1.96. The first-order valence-electron chi connectivity index (χ1n) is 5.91. The highest BCUT2D eigenvalue weighted by molar-refractivity contribution is 5.69. The molecule has 0 atom stereocenters. The van der Waals surface area contributed by atoms with Crippen molar-refractivity contribution in [1.29, 1.82) is 0 Å². The van der Waals surface area contributed by atoms with E-state index in [9.17, 15) is 9.90 Å². The number of aromatic amines is 2. The molecule has 0 radical (unpaired) electrons. The van der Waals surface area contributed by atoms with Crippen LogP contribution in [0.3, 0.4) is 0 Å². The van der Waals surface area contributed by atoms with Crippen LogP contribution in [-0.2, 0) is 0 Å². The zero-order chi connectivity index (χ0) is 14.1. The van der Waals surface area contributed by atoms with Crippen molar-refractivity contribution in [2.75, 3.05) is 0 Å². The summed E-state index contributed by atoms with van der Waals surface area (Å²) in [5.41, 5.74) is 1.67. The van der Waals surface area contributed by atoms with E-state index in [1.807, 2.05) is 25.1 Å². The van der Waals surface area contributed by atoms with Crippen molar-refractivity contribution in [1.82, 2.24) is 25.4 Å². The Morgan fingerprint density at radius 1 is 1.30 bits per heavy atom. The van der Waals surface area contributed by atoms with E-state index < -0.39 is 5.56 Å². The minimum Gasteiger partial charge on any atom is -0.493 e. The first kappa shape index (κ1) is 12.1. The molecule has 0 bridgehead atoms. The Morgan fingerprint density at radius 3 is 2.80 bits per heavy atom. The lowest BCUT2D eigenvalue weighted by Gasteiger charge is -2.05. The predicted molar refractivity (Wildman–Crippen MR) is 72.1 cm³/mol. The van der Waals surface area contributed by atoms with Gasteiger partial charge in [0.15, 0.2) is 5.82 Å². The first-order valence-corrected chi connectivity index (χ1v) is 5.91. The fourth-order valence-electron chi connectivity index (χ4n) is 1.96. The summed E-state index contributed by atoms with van der Waals surface area (Å²) in [6.07, 6.45) is 1.41. The third-order valence-corrected chi connectivity index (χ3v) is 2.86. The average molecular weight is 269 g/mol. The number of hydrogen-bond donors (Lipinski definition) is 3. The zero-order valence-corrected chi connectivity index (χ0v) is 10.6. The maximum atomic E-state index is 12.2. The Morgan fingerprint density at radius 2 is 2.15 bits per heavy atom. The SMILES string of the molecule is Cc1cccc(-c2c(O)nc(-c3cn[nH]n3)[nH]c2=O)c1. The Bertz CT molecular complexity index is 808. The average Bonchev–Trinajstić information content (AvgIpc) is 2.91. The molecule has 100 valence electrons. The van der Waals surface area contributed by atoms with Gasteiger partial charge in [-0.25, -0.2) is 0 Å². The normalized spacial score (nSPS) is 10.7. The van der Waals surface area contributed by atoms with Crippen molar-refractivity contribution in [3.8, 4) is 28.5 Å². The second-order valence-corrected chi connectivity index (χ2v) is 4.34. The summed E-state index contributed by atoms with van der Waals surface area (Å²) in [4.78, 5) is 18.7. The molecule has 0 unspecified atom stereocenters. The topological polar surface area (TPSA) is 108 Å². The van der Waals surface area contributed by atoms with Crippen LogP contribution in [0.5, 0.6) is 5.88 Å². The third kappa shape index (κ3) is 2.05. The van der Waals surface area contributed by atoms with Crippen LogP contribution in [0.4, 0.5) is 0 Å². The molecule has 0 amide bonds. The van der Waals surface area contributed by atoms with E-state index in [1.54, 1.807) is 6.07 Å². The van der Waals surface area contributed by atoms with Gasteiger partial charge in [0.2, 0.25) is 5.88 Å².